The summed E-state index contributed by atoms with van der Waals surface area (Å²) in [6, 6.07) is 7.71. The molecule has 0 aliphatic heterocycles. The Morgan fingerprint density at radius 2 is 1.86 bits per heavy atom. The predicted molar refractivity (Wildman–Crippen MR) is 89.5 cm³/mol. The molecule has 1 aromatic carbocycles. The van der Waals surface area contributed by atoms with Gasteiger partial charge in [0.25, 0.3) is 5.56 Å². The zero-order valence-electron chi connectivity index (χ0n) is 12.3. The molecule has 5 nitrogen and oxygen atoms in total. The van der Waals surface area contributed by atoms with Crippen LogP contribution >= 0.6 is 15.9 Å². The molecule has 1 unspecified atom stereocenters. The third-order valence-electron chi connectivity index (χ3n) is 3.24. The molecule has 6 heteroatoms. The highest BCUT2D eigenvalue weighted by Gasteiger charge is 2.13. The molecule has 1 heterocycles. The first-order valence-electron chi connectivity index (χ1n) is 6.79. The minimum absolute atomic E-state index is 0.0253. The molecule has 0 amide bonds. The van der Waals surface area contributed by atoms with E-state index in [-0.39, 0.29) is 17.6 Å². The molecule has 1 aromatic heterocycles. The van der Waals surface area contributed by atoms with Gasteiger partial charge >= 0.3 is 0 Å². The number of anilines is 2. The molecular formula is C15H19BrN4O. The Labute approximate surface area is 132 Å². The van der Waals surface area contributed by atoms with Crippen LogP contribution in [0.5, 0.6) is 0 Å². The fourth-order valence-corrected chi connectivity index (χ4v) is 2.41. The topological polar surface area (TPSA) is 72.9 Å². The summed E-state index contributed by atoms with van der Waals surface area (Å²) in [5.41, 5.74) is 8.05. The van der Waals surface area contributed by atoms with Crippen LogP contribution in [0.2, 0.25) is 0 Å². The highest BCUT2D eigenvalue weighted by atomic mass is 79.9. The maximum absolute atomic E-state index is 12.2. The number of nitrogens with two attached hydrogens (primary N) is 1. The van der Waals surface area contributed by atoms with E-state index in [9.17, 15) is 4.79 Å². The number of rotatable bonds is 4. The number of nitrogen functional groups attached to an aromatic ring is 1. The van der Waals surface area contributed by atoms with Crippen LogP contribution in [0, 0.1) is 0 Å². The van der Waals surface area contributed by atoms with Crippen molar-refractivity contribution in [1.29, 1.82) is 0 Å². The largest absolute Gasteiger partial charge is 0.399 e. The lowest BCUT2D eigenvalue weighted by Gasteiger charge is -2.18. The molecule has 3 N–H and O–H groups in total. The van der Waals surface area contributed by atoms with E-state index >= 15 is 0 Å². The summed E-state index contributed by atoms with van der Waals surface area (Å²) < 4.78 is 1.94. The minimum Gasteiger partial charge on any atom is -0.399 e. The van der Waals surface area contributed by atoms with Crippen molar-refractivity contribution in [2.24, 2.45) is 0 Å². The first-order valence-corrected chi connectivity index (χ1v) is 7.58. The second kappa shape index (κ2) is 6.30. The van der Waals surface area contributed by atoms with Crippen molar-refractivity contribution in [3.8, 4) is 0 Å². The maximum atomic E-state index is 12.2. The number of nitrogens with one attached hydrogen (secondary N) is 1. The third-order valence-corrected chi connectivity index (χ3v) is 4.01. The summed E-state index contributed by atoms with van der Waals surface area (Å²) in [6.07, 6.45) is 1.67. The molecule has 0 fully saturated rings. The monoisotopic (exact) mass is 350 g/mol. The van der Waals surface area contributed by atoms with Crippen molar-refractivity contribution in [2.75, 3.05) is 11.1 Å². The van der Waals surface area contributed by atoms with Crippen LogP contribution in [0.1, 0.15) is 38.4 Å². The molecular weight excluding hydrogens is 332 g/mol. The van der Waals surface area contributed by atoms with Gasteiger partial charge in [0.15, 0.2) is 0 Å². The van der Waals surface area contributed by atoms with E-state index in [0.29, 0.717) is 10.2 Å². The van der Waals surface area contributed by atoms with E-state index in [1.807, 2.05) is 45.0 Å². The highest BCUT2D eigenvalue weighted by Crippen LogP contribution is 2.24. The molecule has 0 aliphatic carbocycles. The highest BCUT2D eigenvalue weighted by molar-refractivity contribution is 9.10. The lowest BCUT2D eigenvalue weighted by atomic mass is 10.1. The van der Waals surface area contributed by atoms with Crippen LogP contribution in [-0.2, 0) is 0 Å². The average molecular weight is 351 g/mol. The summed E-state index contributed by atoms with van der Waals surface area (Å²) in [5, 5.41) is 7.48. The SMILES string of the molecule is CC(Nc1cnn(C(C)C)c(=O)c1Br)c1ccc(N)cc1. The van der Waals surface area contributed by atoms with Crippen LogP contribution < -0.4 is 16.6 Å². The molecule has 0 saturated heterocycles. The number of benzene rings is 1. The van der Waals surface area contributed by atoms with Gasteiger partial charge in [-0.15, -0.1) is 0 Å². The van der Waals surface area contributed by atoms with E-state index in [2.05, 4.69) is 26.3 Å². The Kier molecular flexibility index (Phi) is 4.67. The van der Waals surface area contributed by atoms with Gasteiger partial charge in [0.2, 0.25) is 0 Å². The summed E-state index contributed by atoms with van der Waals surface area (Å²) >= 11 is 3.36. The van der Waals surface area contributed by atoms with Gasteiger partial charge < -0.3 is 11.1 Å². The number of aromatic nitrogens is 2. The molecule has 21 heavy (non-hydrogen) atoms. The molecule has 0 radical (unpaired) electrons. The van der Waals surface area contributed by atoms with Crippen LogP contribution in [0.4, 0.5) is 11.4 Å². The van der Waals surface area contributed by atoms with Gasteiger partial charge in [0.05, 0.1) is 17.9 Å². The minimum atomic E-state index is -0.139. The number of hydrogen-bond acceptors (Lipinski definition) is 4. The fraction of sp³-hybridized carbons (Fsp3) is 0.333. The van der Waals surface area contributed by atoms with Crippen molar-refractivity contribution in [1.82, 2.24) is 9.78 Å². The van der Waals surface area contributed by atoms with Crippen molar-refractivity contribution in [3.63, 3.8) is 0 Å². The Morgan fingerprint density at radius 3 is 2.43 bits per heavy atom. The summed E-state index contributed by atoms with van der Waals surface area (Å²) in [7, 11) is 0. The van der Waals surface area contributed by atoms with E-state index < -0.39 is 0 Å². The van der Waals surface area contributed by atoms with Gasteiger partial charge in [-0.1, -0.05) is 12.1 Å². The van der Waals surface area contributed by atoms with E-state index in [1.54, 1.807) is 6.20 Å². The molecule has 2 rings (SSSR count). The first-order chi connectivity index (χ1) is 9.90. The van der Waals surface area contributed by atoms with Crippen LogP contribution in [0.25, 0.3) is 0 Å². The van der Waals surface area contributed by atoms with Crippen molar-refractivity contribution in [3.05, 3.63) is 50.9 Å². The third kappa shape index (κ3) is 3.44. The van der Waals surface area contributed by atoms with Gasteiger partial charge in [-0.3, -0.25) is 4.79 Å². The second-order valence-corrected chi connectivity index (χ2v) is 6.04. The van der Waals surface area contributed by atoms with Crippen molar-refractivity contribution < 1.29 is 0 Å². The van der Waals surface area contributed by atoms with Gasteiger partial charge in [-0.2, -0.15) is 5.10 Å². The van der Waals surface area contributed by atoms with Crippen LogP contribution in [-0.4, -0.2) is 9.78 Å². The lowest BCUT2D eigenvalue weighted by molar-refractivity contribution is 0.501. The number of nitrogens with zero attached hydrogens (tertiary/aromatic N) is 2. The van der Waals surface area contributed by atoms with Gasteiger partial charge in [0, 0.05) is 11.7 Å². The Morgan fingerprint density at radius 1 is 1.24 bits per heavy atom. The summed E-state index contributed by atoms with van der Waals surface area (Å²) in [6.45, 7) is 5.86. The van der Waals surface area contributed by atoms with Gasteiger partial charge in [-0.05, 0) is 54.4 Å². The van der Waals surface area contributed by atoms with Gasteiger partial charge in [0.1, 0.15) is 4.47 Å². The van der Waals surface area contributed by atoms with E-state index in [0.717, 1.165) is 11.3 Å². The maximum Gasteiger partial charge on any atom is 0.283 e. The molecule has 0 saturated carbocycles. The van der Waals surface area contributed by atoms with Gasteiger partial charge in [-0.25, -0.2) is 4.68 Å². The normalized spacial score (nSPS) is 12.4. The Hall–Kier alpha value is -1.82. The predicted octanol–water partition coefficient (Wildman–Crippen LogP) is 3.34. The smallest absolute Gasteiger partial charge is 0.283 e. The molecule has 2 aromatic rings. The molecule has 0 spiro atoms. The molecule has 1 atom stereocenters. The average Bonchev–Trinajstić information content (AvgIpc) is 2.44. The number of hydrogen-bond donors (Lipinski definition) is 2. The molecule has 0 bridgehead atoms. The first kappa shape index (κ1) is 15.6. The van der Waals surface area contributed by atoms with E-state index in [1.165, 1.54) is 4.68 Å². The standard InChI is InChI=1S/C15H19BrN4O/c1-9(2)20-15(21)14(16)13(8-18-20)19-10(3)11-4-6-12(17)7-5-11/h4-10,19H,17H2,1-3H3. The zero-order valence-corrected chi connectivity index (χ0v) is 13.9. The number of halogens is 1. The second-order valence-electron chi connectivity index (χ2n) is 5.25. The van der Waals surface area contributed by atoms with Crippen molar-refractivity contribution >= 4 is 27.3 Å². The zero-order chi connectivity index (χ0) is 15.6. The Bertz CT molecular complexity index is 679. The quantitative estimate of drug-likeness (QED) is 0.829. The fourth-order valence-electron chi connectivity index (χ4n) is 2.01. The van der Waals surface area contributed by atoms with Crippen molar-refractivity contribution in [2.45, 2.75) is 32.9 Å². The summed E-state index contributed by atoms with van der Waals surface area (Å²) in [4.78, 5) is 12.2. The van der Waals surface area contributed by atoms with E-state index in [4.69, 9.17) is 5.73 Å². The lowest BCUT2D eigenvalue weighted by Crippen LogP contribution is -2.26. The summed E-state index contributed by atoms with van der Waals surface area (Å²) in [5.74, 6) is 0. The molecule has 0 aliphatic rings. The van der Waals surface area contributed by atoms with Crippen LogP contribution in [0.3, 0.4) is 0 Å². The molecule has 112 valence electrons. The van der Waals surface area contributed by atoms with Crippen LogP contribution in [0.15, 0.2) is 39.7 Å². The Balaban J connectivity index is 2.26.